The molecule has 0 atom stereocenters. The Labute approximate surface area is 874 Å². The number of Topliss-reactive ketones (excluding diaryl/α,β-unsaturated/α-hetero) is 4. The van der Waals surface area contributed by atoms with Crippen molar-refractivity contribution in [1.82, 2.24) is 0 Å². The van der Waals surface area contributed by atoms with Gasteiger partial charge in [-0.3, -0.25) is 19.2 Å². The van der Waals surface area contributed by atoms with Gasteiger partial charge in [0.25, 0.3) is 0 Å². The van der Waals surface area contributed by atoms with E-state index in [1.165, 1.54) is 53.9 Å². The third-order valence-electron chi connectivity index (χ3n) is 28.4. The van der Waals surface area contributed by atoms with Crippen LogP contribution in [0.15, 0.2) is 484 Å². The second-order valence-corrected chi connectivity index (χ2v) is 37.4. The molecule has 0 N–H and O–H groups in total. The number of carbonyl (C=O) groups is 4. The predicted molar refractivity (Wildman–Crippen MR) is 629 cm³/mol. The maximum atomic E-state index is 13.0. The molecule has 0 aliphatic rings. The smallest absolute Gasteiger partial charge is 0.163 e. The first-order valence-corrected chi connectivity index (χ1v) is 50.4. The van der Waals surface area contributed by atoms with Crippen LogP contribution in [0, 0.1) is 0 Å². The predicted octanol–water partition coefficient (Wildman–Crippen LogP) is 36.6. The number of anilines is 12. The molecular formula is C138H112N4O8. The van der Waals surface area contributed by atoms with Crippen molar-refractivity contribution in [3.8, 4) is 0 Å². The van der Waals surface area contributed by atoms with Crippen molar-refractivity contribution in [2.75, 3.05) is 48.0 Å². The van der Waals surface area contributed by atoms with Crippen molar-refractivity contribution in [2.45, 2.75) is 55.4 Å². The van der Waals surface area contributed by atoms with Crippen LogP contribution in [0.25, 0.3) is 141 Å². The van der Waals surface area contributed by atoms with Gasteiger partial charge in [0, 0.05) is 66.7 Å². The SMILES string of the molecule is CO/C(C)=C(\C(C)=O)c1cc2c3ccccc3c(N(c3ccccc3)c3ccc4ccccc4c3)cc2c2ccccc12.CO/C(C)=C(\C(C)=O)c1ccc(N(c2ccccc2)c2cccc3ccccc23)c2ccccc12.CO/C(C)=C(\C(C)=O)c1ccc(N(c2ccccc2)c2cccc3ccccc23)cc1.CO/C(C)=C(\C(C)=O)c1ccc2ccc3c(N(c4ccccc4)c4ccc5ccccc5c4)ccc4ccc1c2c43. The normalized spacial score (nSPS) is 12.0. The number of rotatable bonds is 24. The number of fused-ring (bicyclic) bond motifs is 10. The Balaban J connectivity index is 0.000000122. The zero-order valence-electron chi connectivity index (χ0n) is 85.9. The second-order valence-electron chi connectivity index (χ2n) is 37.4. The Morgan fingerprint density at radius 1 is 0.167 bits per heavy atom. The standard InChI is InChI=1S/C40H31NO2.C38H29NO2.C32H27NO2.C28H25NO2/c1-26(42)40(27(2)43-3)38-24-36-34-19-11-12-20-35(34)39(25-37(36)32-17-9-10-18-33(32)38)41(30-15-5-4-6-16-30)31-22-21-28-13-7-8-14-29(28)23-31;1-24(40)36(25(2)41-3)32-19-14-27-16-21-34-35(22-17-28-15-20-33(32)37(27)38(28)34)39(30-11-5-4-6-12-30)31-18-13-26-9-7-8-10-29(26)23-31;1-22(34)32(23(2)35-3)29-20-21-31(28-18-10-9-17-27(28)29)33(25-14-5-4-6-15-25)30-19-11-13-24-12-7-8-16-26(24)30;1-20(30)28(21(2)31-3)23-16-18-25(19-17-23)29(24-12-5-4-6-13-24)27-15-9-11-22-10-7-8-14-26(22)27/h4-25H,1-3H3;4-23H,1-3H3;4-21H,1-3H3;4-19H,1-3H3/b40-27+;36-25+;32-23+;28-21+. The molecule has 0 heterocycles. The van der Waals surface area contributed by atoms with E-state index in [2.05, 4.69) is 414 Å². The van der Waals surface area contributed by atoms with E-state index in [1.807, 2.05) is 94.4 Å². The Bertz CT molecular complexity index is 9250. The number of ether oxygens (including phenoxy) is 4. The number of benzene rings is 23. The molecule has 732 valence electrons. The second kappa shape index (κ2) is 43.6. The van der Waals surface area contributed by atoms with E-state index >= 15 is 0 Å². The summed E-state index contributed by atoms with van der Waals surface area (Å²) in [5.74, 6) is 2.42. The van der Waals surface area contributed by atoms with Crippen molar-refractivity contribution >= 4 is 232 Å². The summed E-state index contributed by atoms with van der Waals surface area (Å²) >= 11 is 0. The van der Waals surface area contributed by atoms with Crippen LogP contribution in [0.4, 0.5) is 68.2 Å². The lowest BCUT2D eigenvalue weighted by molar-refractivity contribution is -0.112. The molecule has 0 amide bonds. The van der Waals surface area contributed by atoms with E-state index in [0.717, 1.165) is 155 Å². The van der Waals surface area contributed by atoms with Gasteiger partial charge < -0.3 is 38.5 Å². The fourth-order valence-corrected chi connectivity index (χ4v) is 21.4. The molecule has 0 fully saturated rings. The number of nitrogens with zero attached hydrogens (tertiary/aromatic N) is 4. The average Bonchev–Trinajstić information content (AvgIpc) is 0.718. The van der Waals surface area contributed by atoms with E-state index in [0.29, 0.717) is 45.3 Å². The van der Waals surface area contributed by atoms with Gasteiger partial charge in [-0.1, -0.05) is 340 Å². The fourth-order valence-electron chi connectivity index (χ4n) is 21.4. The van der Waals surface area contributed by atoms with Gasteiger partial charge in [-0.15, -0.1) is 0 Å². The molecule has 0 aromatic heterocycles. The van der Waals surface area contributed by atoms with Crippen LogP contribution >= 0.6 is 0 Å². The molecule has 0 spiro atoms. The molecule has 0 unspecified atom stereocenters. The molecule has 12 heteroatoms. The summed E-state index contributed by atoms with van der Waals surface area (Å²) in [6.45, 7) is 13.7. The van der Waals surface area contributed by atoms with E-state index < -0.39 is 0 Å². The minimum Gasteiger partial charge on any atom is -0.501 e. The Kier molecular flexibility index (Phi) is 28.7. The quantitative estimate of drug-likeness (QED) is 0.0326. The number of hydrogen-bond donors (Lipinski definition) is 0. The zero-order chi connectivity index (χ0) is 104. The van der Waals surface area contributed by atoms with E-state index in [9.17, 15) is 19.2 Å². The van der Waals surface area contributed by atoms with Crippen LogP contribution in [0.1, 0.15) is 77.6 Å². The summed E-state index contributed by atoms with van der Waals surface area (Å²) in [5, 5.41) is 25.1. The number of carbonyl (C=O) groups excluding carboxylic acids is 4. The van der Waals surface area contributed by atoms with Gasteiger partial charge in [0.15, 0.2) is 23.1 Å². The number of allylic oxidation sites excluding steroid dienone is 8. The molecule has 23 aromatic carbocycles. The maximum Gasteiger partial charge on any atom is 0.163 e. The third-order valence-corrected chi connectivity index (χ3v) is 28.4. The molecule has 0 aliphatic heterocycles. The van der Waals surface area contributed by atoms with Crippen molar-refractivity contribution in [3.63, 3.8) is 0 Å². The van der Waals surface area contributed by atoms with Gasteiger partial charge in [-0.05, 0) is 291 Å². The van der Waals surface area contributed by atoms with Gasteiger partial charge in [0.2, 0.25) is 0 Å². The molecule has 23 rings (SSSR count). The Morgan fingerprint density at radius 3 is 0.913 bits per heavy atom. The first-order chi connectivity index (χ1) is 73.3. The molecular weight excluding hydrogens is 1840 g/mol. The number of hydrogen-bond acceptors (Lipinski definition) is 12. The molecule has 150 heavy (non-hydrogen) atoms. The highest BCUT2D eigenvalue weighted by atomic mass is 16.5. The highest BCUT2D eigenvalue weighted by Gasteiger charge is 2.29. The van der Waals surface area contributed by atoms with Gasteiger partial charge in [-0.2, -0.15) is 0 Å². The number of para-hydroxylation sites is 4. The Morgan fingerprint density at radius 2 is 0.447 bits per heavy atom. The molecule has 0 bridgehead atoms. The van der Waals surface area contributed by atoms with Crippen molar-refractivity contribution in [2.24, 2.45) is 0 Å². The average molecular weight is 1950 g/mol. The minimum absolute atomic E-state index is 0.00775. The number of methoxy groups -OCH3 is 4. The van der Waals surface area contributed by atoms with Gasteiger partial charge in [0.1, 0.15) is 23.0 Å². The van der Waals surface area contributed by atoms with Crippen LogP contribution in [0.5, 0.6) is 0 Å². The molecule has 0 saturated carbocycles. The fraction of sp³-hybridized carbons (Fsp3) is 0.0870. The van der Waals surface area contributed by atoms with Gasteiger partial charge in [-0.25, -0.2) is 0 Å². The first kappa shape index (κ1) is 98.6. The molecule has 0 aliphatic carbocycles. The highest BCUT2D eigenvalue weighted by molar-refractivity contribution is 6.33. The van der Waals surface area contributed by atoms with Crippen molar-refractivity contribution in [1.29, 1.82) is 0 Å². The molecule has 0 saturated heterocycles. The van der Waals surface area contributed by atoms with Gasteiger partial charge in [0.05, 0.1) is 79.2 Å². The largest absolute Gasteiger partial charge is 0.501 e. The first-order valence-electron chi connectivity index (χ1n) is 50.4. The van der Waals surface area contributed by atoms with Crippen LogP contribution < -0.4 is 19.6 Å². The lowest BCUT2D eigenvalue weighted by Gasteiger charge is -2.28. The van der Waals surface area contributed by atoms with E-state index in [-0.39, 0.29) is 23.1 Å². The topological polar surface area (TPSA) is 118 Å². The summed E-state index contributed by atoms with van der Waals surface area (Å²) in [5.41, 5.74) is 18.9. The lowest BCUT2D eigenvalue weighted by Crippen LogP contribution is -2.11. The zero-order valence-corrected chi connectivity index (χ0v) is 85.9. The van der Waals surface area contributed by atoms with Crippen LogP contribution in [-0.4, -0.2) is 51.6 Å². The van der Waals surface area contributed by atoms with E-state index in [1.54, 1.807) is 56.1 Å². The van der Waals surface area contributed by atoms with E-state index in [4.69, 9.17) is 18.9 Å². The summed E-state index contributed by atoms with van der Waals surface area (Å²) in [7, 11) is 6.43. The third kappa shape index (κ3) is 19.4. The van der Waals surface area contributed by atoms with Crippen LogP contribution in [0.2, 0.25) is 0 Å². The summed E-state index contributed by atoms with van der Waals surface area (Å²) in [6, 6.07) is 161. The Hall–Kier alpha value is -18.8. The molecule has 23 aromatic rings. The van der Waals surface area contributed by atoms with Crippen molar-refractivity contribution in [3.05, 3.63) is 506 Å². The van der Waals surface area contributed by atoms with Crippen molar-refractivity contribution < 1.29 is 38.1 Å². The number of ketones is 4. The lowest BCUT2D eigenvalue weighted by atomic mass is 9.88. The van der Waals surface area contributed by atoms with Crippen LogP contribution in [-0.2, 0) is 38.1 Å². The summed E-state index contributed by atoms with van der Waals surface area (Å²) < 4.78 is 22.0. The van der Waals surface area contributed by atoms with Crippen LogP contribution in [0.3, 0.4) is 0 Å². The highest BCUT2D eigenvalue weighted by Crippen LogP contribution is 2.51. The van der Waals surface area contributed by atoms with Gasteiger partial charge >= 0.3 is 0 Å². The summed E-state index contributed by atoms with van der Waals surface area (Å²) in [6.07, 6.45) is 0. The molecule has 12 nitrogen and oxygen atoms in total. The molecule has 0 radical (unpaired) electrons. The summed E-state index contributed by atoms with van der Waals surface area (Å²) in [4.78, 5) is 59.9. The minimum atomic E-state index is -0.0174. The monoisotopic (exact) mass is 1950 g/mol. The maximum absolute atomic E-state index is 13.0.